The van der Waals surface area contributed by atoms with E-state index in [9.17, 15) is 28.5 Å². The van der Waals surface area contributed by atoms with Crippen LogP contribution in [0.3, 0.4) is 0 Å². The molecule has 0 saturated carbocycles. The lowest BCUT2D eigenvalue weighted by molar-refractivity contribution is -0.0461. The highest BCUT2D eigenvalue weighted by atomic mass is 32.1. The fourth-order valence-electron chi connectivity index (χ4n) is 2.45. The molecule has 15 nitrogen and oxygen atoms in total. The number of aromatic amines is 1. The SMILES string of the molecule is CC1[C@@H](O)[C@@H](COP(=O)(O)OP(=O)(O)OP(=O)(O)O)O[C@H]1n1ccc(=O)[nH]c1=S. The van der Waals surface area contributed by atoms with E-state index in [1.165, 1.54) is 10.8 Å². The second kappa shape index (κ2) is 8.89. The number of phosphoric acid groups is 3. The summed E-state index contributed by atoms with van der Waals surface area (Å²) in [5.41, 5.74) is -0.457. The Bertz CT molecular complexity index is 1000. The van der Waals surface area contributed by atoms with Crippen LogP contribution >= 0.6 is 35.7 Å². The van der Waals surface area contributed by atoms with Gasteiger partial charge >= 0.3 is 23.5 Å². The van der Waals surface area contributed by atoms with E-state index in [1.54, 1.807) is 6.92 Å². The summed E-state index contributed by atoms with van der Waals surface area (Å²) in [5, 5.41) is 10.2. The van der Waals surface area contributed by atoms with E-state index in [2.05, 4.69) is 18.1 Å². The van der Waals surface area contributed by atoms with Crippen molar-refractivity contribution in [1.82, 2.24) is 9.55 Å². The Morgan fingerprint density at radius 2 is 1.83 bits per heavy atom. The summed E-state index contributed by atoms with van der Waals surface area (Å²) in [7, 11) is -16.5. The Labute approximate surface area is 167 Å². The molecule has 1 aromatic heterocycles. The minimum atomic E-state index is -5.65. The van der Waals surface area contributed by atoms with E-state index in [0.717, 1.165) is 6.07 Å². The van der Waals surface area contributed by atoms with Gasteiger partial charge < -0.3 is 29.4 Å². The van der Waals surface area contributed by atoms with Crippen LogP contribution in [0.1, 0.15) is 13.2 Å². The number of aliphatic hydroxyl groups excluding tert-OH is 1. The predicted octanol–water partition coefficient (Wildman–Crippen LogP) is 0.144. The highest BCUT2D eigenvalue weighted by Gasteiger charge is 2.45. The highest BCUT2D eigenvalue weighted by molar-refractivity contribution is 7.71. The minimum absolute atomic E-state index is 0.00455. The number of aromatic nitrogens is 2. The Morgan fingerprint density at radius 1 is 1.21 bits per heavy atom. The number of H-pyrrole nitrogens is 1. The molecule has 0 aromatic carbocycles. The van der Waals surface area contributed by atoms with Crippen molar-refractivity contribution in [1.29, 1.82) is 0 Å². The number of phosphoric ester groups is 1. The number of rotatable bonds is 8. The molecule has 6 N–H and O–H groups in total. The summed E-state index contributed by atoms with van der Waals surface area (Å²) in [6.07, 6.45) is -2.04. The van der Waals surface area contributed by atoms with Gasteiger partial charge in [-0.3, -0.25) is 18.9 Å². The van der Waals surface area contributed by atoms with Crippen LogP contribution in [0.25, 0.3) is 0 Å². The van der Waals surface area contributed by atoms with Gasteiger partial charge in [-0.15, -0.1) is 0 Å². The molecule has 29 heavy (non-hydrogen) atoms. The first-order valence-corrected chi connectivity index (χ1v) is 12.5. The van der Waals surface area contributed by atoms with E-state index < -0.39 is 60.0 Å². The topological polar surface area (TPSA) is 227 Å². The molecule has 1 aliphatic heterocycles. The summed E-state index contributed by atoms with van der Waals surface area (Å²) < 4.78 is 52.1. The monoisotopic (exact) mass is 498 g/mol. The molecule has 2 heterocycles. The molecule has 2 rings (SSSR count). The zero-order valence-electron chi connectivity index (χ0n) is 14.4. The number of nitrogens with zero attached hydrogens (tertiary/aromatic N) is 1. The van der Waals surface area contributed by atoms with Crippen LogP contribution in [0.4, 0.5) is 0 Å². The first kappa shape index (κ1) is 24.7. The van der Waals surface area contributed by atoms with Crippen LogP contribution in [-0.4, -0.2) is 53.0 Å². The fraction of sp³-hybridized carbons (Fsp3) is 0.600. The van der Waals surface area contributed by atoms with Crippen LogP contribution in [0.5, 0.6) is 0 Å². The van der Waals surface area contributed by atoms with Crippen molar-refractivity contribution in [3.8, 4) is 0 Å². The van der Waals surface area contributed by atoms with Crippen LogP contribution in [0.2, 0.25) is 0 Å². The van der Waals surface area contributed by atoms with Crippen molar-refractivity contribution < 1.29 is 56.3 Å². The second-order valence-electron chi connectivity index (χ2n) is 5.82. The maximum Gasteiger partial charge on any atom is 0.490 e. The number of hydrogen-bond donors (Lipinski definition) is 6. The molecule has 0 bridgehead atoms. The fourth-order valence-corrected chi connectivity index (χ4v) is 5.74. The van der Waals surface area contributed by atoms with E-state index in [1.807, 2.05) is 0 Å². The molecule has 1 fully saturated rings. The third kappa shape index (κ3) is 6.97. The Hall–Kier alpha value is -0.570. The van der Waals surface area contributed by atoms with Crippen molar-refractivity contribution >= 4 is 35.7 Å². The van der Waals surface area contributed by atoms with Gasteiger partial charge in [-0.2, -0.15) is 8.62 Å². The molecule has 1 aliphatic rings. The molecule has 0 spiro atoms. The second-order valence-corrected chi connectivity index (χ2v) is 10.6. The average molecular weight is 498 g/mol. The minimum Gasteiger partial charge on any atom is -0.390 e. The predicted molar refractivity (Wildman–Crippen MR) is 94.8 cm³/mol. The largest absolute Gasteiger partial charge is 0.490 e. The quantitative estimate of drug-likeness (QED) is 0.207. The van der Waals surface area contributed by atoms with Gasteiger partial charge in [0.2, 0.25) is 0 Å². The van der Waals surface area contributed by atoms with Gasteiger partial charge in [0.1, 0.15) is 12.3 Å². The third-order valence-corrected chi connectivity index (χ3v) is 7.74. The first-order valence-electron chi connectivity index (χ1n) is 7.53. The van der Waals surface area contributed by atoms with Gasteiger partial charge in [0.15, 0.2) is 4.77 Å². The molecule has 0 amide bonds. The van der Waals surface area contributed by atoms with Gasteiger partial charge in [0, 0.05) is 18.2 Å². The molecular formula is C10H17N2O13P3S. The van der Waals surface area contributed by atoms with Crippen molar-refractivity contribution in [2.24, 2.45) is 5.92 Å². The molecule has 19 heteroatoms. The van der Waals surface area contributed by atoms with E-state index in [4.69, 9.17) is 31.6 Å². The van der Waals surface area contributed by atoms with Crippen molar-refractivity contribution in [2.75, 3.05) is 6.61 Å². The summed E-state index contributed by atoms with van der Waals surface area (Å²) in [5.74, 6) is -0.623. The summed E-state index contributed by atoms with van der Waals surface area (Å²) in [6.45, 7) is 0.745. The summed E-state index contributed by atoms with van der Waals surface area (Å²) in [6, 6.07) is 1.16. The van der Waals surface area contributed by atoms with Crippen LogP contribution in [0.15, 0.2) is 17.1 Å². The Kier molecular flexibility index (Phi) is 7.57. The molecule has 0 radical (unpaired) electrons. The van der Waals surface area contributed by atoms with E-state index in [0.29, 0.717) is 0 Å². The molecule has 3 unspecified atom stereocenters. The van der Waals surface area contributed by atoms with Gasteiger partial charge in [-0.25, -0.2) is 13.7 Å². The lowest BCUT2D eigenvalue weighted by Crippen LogP contribution is -2.29. The van der Waals surface area contributed by atoms with Crippen LogP contribution in [0, 0.1) is 10.7 Å². The highest BCUT2D eigenvalue weighted by Crippen LogP contribution is 2.66. The average Bonchev–Trinajstić information content (AvgIpc) is 2.78. The Balaban J connectivity index is 2.06. The zero-order valence-corrected chi connectivity index (χ0v) is 17.9. The van der Waals surface area contributed by atoms with E-state index in [-0.39, 0.29) is 4.77 Å². The van der Waals surface area contributed by atoms with Crippen LogP contribution < -0.4 is 5.56 Å². The standard InChI is InChI=1S/C10H17N2O13P3S/c1-5-8(14)6(23-9(5)12-3-2-7(13)11-10(12)29)4-22-27(18,19)25-28(20,21)24-26(15,16)17/h2-3,5-6,8-9,14H,4H2,1H3,(H,18,19)(H,20,21)(H,11,13,29)(H2,15,16,17)/t5?,6-,8-,9-/m1/s1. The van der Waals surface area contributed by atoms with Gasteiger partial charge in [-0.05, 0) is 12.2 Å². The van der Waals surface area contributed by atoms with Crippen molar-refractivity contribution in [2.45, 2.75) is 25.4 Å². The Morgan fingerprint density at radius 3 is 2.38 bits per heavy atom. The summed E-state index contributed by atoms with van der Waals surface area (Å²) in [4.78, 5) is 49.1. The smallest absolute Gasteiger partial charge is 0.390 e. The molecular weight excluding hydrogens is 481 g/mol. The molecule has 1 saturated heterocycles. The van der Waals surface area contributed by atoms with Crippen LogP contribution in [-0.2, 0) is 31.6 Å². The first-order chi connectivity index (χ1) is 13.1. The van der Waals surface area contributed by atoms with Crippen molar-refractivity contribution in [3.05, 3.63) is 27.4 Å². The summed E-state index contributed by atoms with van der Waals surface area (Å²) >= 11 is 5.01. The number of aliphatic hydroxyl groups is 1. The lowest BCUT2D eigenvalue weighted by Gasteiger charge is -2.19. The van der Waals surface area contributed by atoms with E-state index >= 15 is 0 Å². The molecule has 166 valence electrons. The van der Waals surface area contributed by atoms with Gasteiger partial charge in [0.05, 0.1) is 12.7 Å². The molecule has 1 aromatic rings. The third-order valence-electron chi connectivity index (χ3n) is 3.63. The maximum absolute atomic E-state index is 11.8. The number of ether oxygens (including phenoxy) is 1. The maximum atomic E-state index is 11.8. The van der Waals surface area contributed by atoms with Gasteiger partial charge in [0.25, 0.3) is 5.56 Å². The van der Waals surface area contributed by atoms with Gasteiger partial charge in [-0.1, -0.05) is 6.92 Å². The van der Waals surface area contributed by atoms with Crippen molar-refractivity contribution in [3.63, 3.8) is 0 Å². The normalized spacial score (nSPS) is 29.3. The molecule has 0 aliphatic carbocycles. The number of nitrogens with one attached hydrogen (secondary N) is 1. The lowest BCUT2D eigenvalue weighted by atomic mass is 10.0. The zero-order chi connectivity index (χ0) is 22.2. The number of hydrogen-bond acceptors (Lipinski definition) is 10. The molecule has 6 atom stereocenters.